The van der Waals surface area contributed by atoms with E-state index in [1.165, 1.54) is 0 Å². The van der Waals surface area contributed by atoms with Crippen LogP contribution in [-0.4, -0.2) is 17.4 Å². The van der Waals surface area contributed by atoms with Gasteiger partial charge in [0, 0.05) is 17.3 Å². The van der Waals surface area contributed by atoms with E-state index in [-0.39, 0.29) is 11.1 Å². The molecule has 0 spiro atoms. The second-order valence-electron chi connectivity index (χ2n) is 3.76. The van der Waals surface area contributed by atoms with Crippen LogP contribution in [0.4, 0.5) is 18.0 Å². The number of aliphatic imine (C=N–C) groups is 1. The average Bonchev–Trinajstić information content (AvgIpc) is 2.36. The summed E-state index contributed by atoms with van der Waals surface area (Å²) in [4.78, 5) is 24.9. The minimum atomic E-state index is -4.81. The summed E-state index contributed by atoms with van der Waals surface area (Å²) in [6.07, 6.45) is -3.80. The van der Waals surface area contributed by atoms with Gasteiger partial charge in [-0.05, 0) is 12.1 Å². The fraction of sp³-hybridized carbons (Fsp3) is 0.0833. The van der Waals surface area contributed by atoms with Crippen molar-refractivity contribution < 1.29 is 27.5 Å². The second-order valence-corrected chi connectivity index (χ2v) is 3.76. The lowest BCUT2D eigenvalue weighted by Crippen LogP contribution is -2.17. The Morgan fingerprint density at radius 2 is 2.05 bits per heavy atom. The van der Waals surface area contributed by atoms with E-state index in [4.69, 9.17) is 9.52 Å². The van der Waals surface area contributed by atoms with Gasteiger partial charge in [0.05, 0.1) is 17.4 Å². The van der Waals surface area contributed by atoms with Crippen LogP contribution < -0.4 is 5.43 Å². The highest BCUT2D eigenvalue weighted by Crippen LogP contribution is 2.35. The number of halogens is 3. The van der Waals surface area contributed by atoms with Gasteiger partial charge in [0.15, 0.2) is 5.43 Å². The van der Waals surface area contributed by atoms with Gasteiger partial charge in [-0.1, -0.05) is 0 Å². The van der Waals surface area contributed by atoms with E-state index in [1.54, 1.807) is 0 Å². The van der Waals surface area contributed by atoms with Gasteiger partial charge < -0.3 is 9.52 Å². The molecule has 1 N–H and O–H groups in total. The zero-order valence-electron chi connectivity index (χ0n) is 9.64. The maximum atomic E-state index is 12.9. The molecule has 0 radical (unpaired) electrons. The summed E-state index contributed by atoms with van der Waals surface area (Å²) in [5, 5.41) is 8.44. The Hall–Kier alpha value is -2.64. The molecule has 0 aromatic carbocycles. The van der Waals surface area contributed by atoms with Crippen molar-refractivity contribution in [3.8, 4) is 11.1 Å². The van der Waals surface area contributed by atoms with Crippen molar-refractivity contribution in [2.75, 3.05) is 0 Å². The first-order chi connectivity index (χ1) is 9.30. The second kappa shape index (κ2) is 4.80. The van der Waals surface area contributed by atoms with Crippen LogP contribution in [0.15, 0.2) is 38.9 Å². The molecule has 0 saturated heterocycles. The number of amides is 1. The molecule has 2 aliphatic rings. The lowest BCUT2D eigenvalue weighted by molar-refractivity contribution is -0.137. The quantitative estimate of drug-likeness (QED) is 0.817. The van der Waals surface area contributed by atoms with E-state index in [9.17, 15) is 22.8 Å². The first kappa shape index (κ1) is 13.8. The van der Waals surface area contributed by atoms with Crippen LogP contribution in [0.25, 0.3) is 11.1 Å². The third kappa shape index (κ3) is 2.53. The summed E-state index contributed by atoms with van der Waals surface area (Å²) in [6.45, 7) is 0. The molecule has 0 aromatic heterocycles. The molecule has 8 heteroatoms. The molecule has 0 saturated carbocycles. The highest BCUT2D eigenvalue weighted by atomic mass is 19.4. The van der Waals surface area contributed by atoms with E-state index in [1.807, 2.05) is 0 Å². The van der Waals surface area contributed by atoms with Gasteiger partial charge in [0.2, 0.25) is 0 Å². The lowest BCUT2D eigenvalue weighted by atomic mass is 9.95. The molecule has 0 bridgehead atoms. The largest absolute Gasteiger partial charge is 0.472 e. The predicted molar refractivity (Wildman–Crippen MR) is 62.2 cm³/mol. The third-order valence-electron chi connectivity index (χ3n) is 2.52. The summed E-state index contributed by atoms with van der Waals surface area (Å²) in [6, 6.07) is 1.54. The van der Waals surface area contributed by atoms with Crippen molar-refractivity contribution in [1.82, 2.24) is 0 Å². The number of fused-ring (bicyclic) bond motifs is 1. The van der Waals surface area contributed by atoms with Crippen LogP contribution in [0.5, 0.6) is 0 Å². The number of benzene rings is 1. The topological polar surface area (TPSA) is 79.9 Å². The number of alkyl halides is 3. The molecular weight excluding hydrogens is 279 g/mol. The maximum Gasteiger partial charge on any atom is 0.431 e. The van der Waals surface area contributed by atoms with E-state index >= 15 is 0 Å². The summed E-state index contributed by atoms with van der Waals surface area (Å²) in [7, 11) is 0. The molecule has 0 atom stereocenters. The first-order valence-electron chi connectivity index (χ1n) is 5.18. The van der Waals surface area contributed by atoms with Crippen LogP contribution in [0.3, 0.4) is 0 Å². The normalized spacial score (nSPS) is 12.2. The van der Waals surface area contributed by atoms with Crippen LogP contribution >= 0.6 is 0 Å². The molecule has 1 heterocycles. The minimum absolute atomic E-state index is 0.0823. The monoisotopic (exact) mass is 285 g/mol. The Morgan fingerprint density at radius 1 is 1.35 bits per heavy atom. The van der Waals surface area contributed by atoms with Crippen LogP contribution in [0, 0.1) is 0 Å². The van der Waals surface area contributed by atoms with Crippen molar-refractivity contribution in [1.29, 1.82) is 0 Å². The number of nitrogens with zero attached hydrogens (tertiary/aromatic N) is 1. The van der Waals surface area contributed by atoms with Crippen LogP contribution in [0.1, 0.15) is 11.1 Å². The SMILES string of the molecule is O=C(O)N=Cc1c2ccocc-2c(=O)cc1C(F)(F)F. The first-order valence-corrected chi connectivity index (χ1v) is 5.18. The molecule has 0 unspecified atom stereocenters. The van der Waals surface area contributed by atoms with Gasteiger partial charge in [-0.3, -0.25) is 4.79 Å². The number of hydrogen-bond acceptors (Lipinski definition) is 3. The lowest BCUT2D eigenvalue weighted by Gasteiger charge is -2.14. The van der Waals surface area contributed by atoms with Gasteiger partial charge >= 0.3 is 12.3 Å². The Morgan fingerprint density at radius 3 is 2.65 bits per heavy atom. The highest BCUT2D eigenvalue weighted by molar-refractivity contribution is 5.96. The Bertz CT molecular complexity index is 718. The fourth-order valence-corrected chi connectivity index (χ4v) is 1.72. The average molecular weight is 285 g/mol. The molecule has 0 aromatic rings. The van der Waals surface area contributed by atoms with Gasteiger partial charge in [0.25, 0.3) is 0 Å². The summed E-state index contributed by atoms with van der Waals surface area (Å²) < 4.78 is 43.5. The van der Waals surface area contributed by atoms with Crippen molar-refractivity contribution >= 4 is 12.3 Å². The van der Waals surface area contributed by atoms with Gasteiger partial charge in [-0.2, -0.15) is 18.2 Å². The molecule has 1 aliphatic heterocycles. The zero-order valence-corrected chi connectivity index (χ0v) is 9.64. The maximum absolute atomic E-state index is 12.9. The van der Waals surface area contributed by atoms with E-state index in [0.29, 0.717) is 12.3 Å². The number of carbonyl (C=O) groups is 1. The van der Waals surface area contributed by atoms with Crippen molar-refractivity contribution in [3.63, 3.8) is 0 Å². The molecule has 1 aliphatic carbocycles. The summed E-state index contributed by atoms with van der Waals surface area (Å²) in [5.41, 5.74) is -2.78. The highest BCUT2D eigenvalue weighted by Gasteiger charge is 2.35. The predicted octanol–water partition coefficient (Wildman–Crippen LogP) is 2.86. The summed E-state index contributed by atoms with van der Waals surface area (Å²) >= 11 is 0. The van der Waals surface area contributed by atoms with E-state index < -0.39 is 28.8 Å². The van der Waals surface area contributed by atoms with Crippen molar-refractivity contribution in [3.05, 3.63) is 46.0 Å². The van der Waals surface area contributed by atoms with Gasteiger partial charge in [-0.15, -0.1) is 0 Å². The van der Waals surface area contributed by atoms with Gasteiger partial charge in [-0.25, -0.2) is 4.79 Å². The molecular formula is C12H6F3NO4. The number of rotatable bonds is 1. The fourth-order valence-electron chi connectivity index (χ4n) is 1.72. The smallest absolute Gasteiger partial charge is 0.431 e. The summed E-state index contributed by atoms with van der Waals surface area (Å²) in [5.74, 6) is 0. The molecule has 2 rings (SSSR count). The van der Waals surface area contributed by atoms with Gasteiger partial charge in [0.1, 0.15) is 6.26 Å². The molecule has 1 amide bonds. The van der Waals surface area contributed by atoms with Crippen molar-refractivity contribution in [2.45, 2.75) is 6.18 Å². The standard InChI is InChI=1S/C12H6F3NO4/c13-12(14,15)9-3-10(17)8-5-20-2-1-6(8)7(9)4-16-11(18)19/h1-5H,(H,18,19). The van der Waals surface area contributed by atoms with Crippen molar-refractivity contribution in [2.24, 2.45) is 4.99 Å². The molecule has 104 valence electrons. The van der Waals surface area contributed by atoms with Crippen LogP contribution in [-0.2, 0) is 6.18 Å². The van der Waals surface area contributed by atoms with Crippen LogP contribution in [0.2, 0.25) is 0 Å². The molecule has 20 heavy (non-hydrogen) atoms. The third-order valence-corrected chi connectivity index (χ3v) is 2.52. The zero-order chi connectivity index (χ0) is 14.9. The Kier molecular flexibility index (Phi) is 3.31. The Labute approximate surface area is 109 Å². The Balaban J connectivity index is 2.84. The number of hydrogen-bond donors (Lipinski definition) is 1. The van der Waals surface area contributed by atoms with E-state index in [2.05, 4.69) is 4.99 Å². The number of carboxylic acid groups (broad SMARTS) is 1. The van der Waals surface area contributed by atoms with E-state index in [0.717, 1.165) is 18.6 Å². The molecule has 0 fully saturated rings. The molecule has 5 nitrogen and oxygen atoms in total. The minimum Gasteiger partial charge on any atom is -0.472 e.